The van der Waals surface area contributed by atoms with Crippen molar-refractivity contribution in [2.75, 3.05) is 146 Å². The molecule has 0 saturated carbocycles. The molecule has 14 heteroatoms. The van der Waals surface area contributed by atoms with E-state index in [1.807, 2.05) is 0 Å². The van der Waals surface area contributed by atoms with Gasteiger partial charge in [-0.15, -0.1) is 0 Å². The van der Waals surface area contributed by atoms with Gasteiger partial charge in [-0.2, -0.15) is 0 Å². The van der Waals surface area contributed by atoms with Crippen LogP contribution in [0.5, 0.6) is 0 Å². The Morgan fingerprint density at radius 3 is 0.962 bits per heavy atom. The van der Waals surface area contributed by atoms with E-state index in [0.717, 1.165) is 0 Å². The molecule has 0 radical (unpaired) electrons. The molecule has 0 aromatic heterocycles. The summed E-state index contributed by atoms with van der Waals surface area (Å²) in [5, 5.41) is 2.47. The van der Waals surface area contributed by atoms with E-state index in [2.05, 4.69) is 86.2 Å². The first kappa shape index (κ1) is 46.8. The first-order chi connectivity index (χ1) is 25.9. The van der Waals surface area contributed by atoms with Gasteiger partial charge in [-0.3, -0.25) is 0 Å². The molecule has 0 atom stereocenters. The Morgan fingerprint density at radius 1 is 0.434 bits per heavy atom. The molecule has 0 N–H and O–H groups in total. The topological polar surface area (TPSA) is 128 Å². The van der Waals surface area contributed by atoms with E-state index in [-0.39, 0.29) is 11.6 Å². The van der Waals surface area contributed by atoms with Crippen molar-refractivity contribution in [3.8, 4) is 0 Å². The maximum atomic E-state index is 10.9. The molecule has 0 bridgehead atoms. The van der Waals surface area contributed by atoms with Gasteiger partial charge in [0.2, 0.25) is 0 Å². The third kappa shape index (κ3) is 21.4. The molecule has 0 aliphatic heterocycles. The summed E-state index contributed by atoms with van der Waals surface area (Å²) in [6.45, 7) is 16.3. The molecule has 2 aromatic carbocycles. The van der Waals surface area contributed by atoms with E-state index >= 15 is 0 Å². The van der Waals surface area contributed by atoms with Crippen LogP contribution in [0.1, 0.15) is 20.8 Å². The smallest absolute Gasteiger partial charge is 0.331 e. The van der Waals surface area contributed by atoms with Gasteiger partial charge in [0.15, 0.2) is 0 Å². The molecule has 0 fully saturated rings. The Bertz CT molecular complexity index is 1080. The van der Waals surface area contributed by atoms with E-state index in [4.69, 9.17) is 51.8 Å². The summed E-state index contributed by atoms with van der Waals surface area (Å²) in [7, 11) is -1.23. The number of ether oxygens (including phenoxy) is 11. The van der Waals surface area contributed by atoms with Crippen LogP contribution >= 0.6 is 0 Å². The number of benzene rings is 2. The van der Waals surface area contributed by atoms with E-state index < -0.39 is 14.3 Å². The van der Waals surface area contributed by atoms with Crippen molar-refractivity contribution in [3.05, 3.63) is 60.7 Å². The summed E-state index contributed by atoms with van der Waals surface area (Å²) < 4.78 is 66.2. The number of esters is 1. The van der Waals surface area contributed by atoms with Gasteiger partial charge in [-0.1, -0.05) is 81.4 Å². The monoisotopic (exact) mass is 768 g/mol. The van der Waals surface area contributed by atoms with Crippen LogP contribution in [-0.2, 0) is 61.3 Å². The SMILES string of the molecule is COC(=O)COCCOCCOCCOCCOCCOCCOCCOCCOCCOCCO[Si](c1ccccc1)(c1ccccc1)C(C)(C)C. The molecular weight excluding hydrogens is 705 g/mol. The summed E-state index contributed by atoms with van der Waals surface area (Å²) in [5.74, 6) is -0.408. The fraction of sp³-hybridized carbons (Fsp3) is 0.667. The Hall–Kier alpha value is -2.31. The number of rotatable bonds is 35. The molecule has 13 nitrogen and oxygen atoms in total. The number of methoxy groups -OCH3 is 1. The van der Waals surface area contributed by atoms with Crippen LogP contribution in [0.3, 0.4) is 0 Å². The Morgan fingerprint density at radius 2 is 0.698 bits per heavy atom. The van der Waals surface area contributed by atoms with Crippen molar-refractivity contribution in [1.82, 2.24) is 0 Å². The highest BCUT2D eigenvalue weighted by atomic mass is 28.4. The maximum Gasteiger partial charge on any atom is 0.331 e. The Labute approximate surface area is 317 Å². The zero-order valence-electron chi connectivity index (χ0n) is 32.4. The molecule has 0 saturated heterocycles. The van der Waals surface area contributed by atoms with Crippen LogP contribution in [0.15, 0.2) is 60.7 Å². The standard InChI is InChI=1S/C39H64O13Si/c1-39(2,3)53(36-11-7-5-8-12-36,37-13-9-6-10-14-37)52-34-33-50-30-29-48-26-25-46-22-21-44-18-17-42-15-16-43-19-20-45-23-24-47-27-28-49-31-32-51-35-38(40)41-4/h5-14H,15-35H2,1-4H3. The van der Waals surface area contributed by atoms with E-state index in [1.165, 1.54) is 17.5 Å². The van der Waals surface area contributed by atoms with Crippen molar-refractivity contribution in [2.24, 2.45) is 0 Å². The number of carbonyl (C=O) groups excluding carboxylic acids is 1. The van der Waals surface area contributed by atoms with Crippen LogP contribution in [0.2, 0.25) is 5.04 Å². The normalized spacial score (nSPS) is 12.0. The molecule has 0 unspecified atom stereocenters. The third-order valence-electron chi connectivity index (χ3n) is 7.76. The lowest BCUT2D eigenvalue weighted by Crippen LogP contribution is -2.66. The van der Waals surface area contributed by atoms with Gasteiger partial charge in [-0.05, 0) is 15.4 Å². The first-order valence-corrected chi connectivity index (χ1v) is 20.4. The van der Waals surface area contributed by atoms with Crippen molar-refractivity contribution in [1.29, 1.82) is 0 Å². The van der Waals surface area contributed by atoms with Gasteiger partial charge in [0.1, 0.15) is 6.61 Å². The lowest BCUT2D eigenvalue weighted by atomic mass is 10.2. The molecule has 0 heterocycles. The average Bonchev–Trinajstić information content (AvgIpc) is 3.16. The predicted molar refractivity (Wildman–Crippen MR) is 204 cm³/mol. The molecule has 53 heavy (non-hydrogen) atoms. The van der Waals surface area contributed by atoms with Crippen molar-refractivity contribution < 1.29 is 61.3 Å². The van der Waals surface area contributed by atoms with Crippen LogP contribution in [0.25, 0.3) is 0 Å². The highest BCUT2D eigenvalue weighted by molar-refractivity contribution is 6.99. The molecule has 2 aromatic rings. The van der Waals surface area contributed by atoms with E-state index in [1.54, 1.807) is 0 Å². The van der Waals surface area contributed by atoms with Crippen molar-refractivity contribution >= 4 is 24.7 Å². The van der Waals surface area contributed by atoms with Gasteiger partial charge < -0.3 is 56.5 Å². The second-order valence-electron chi connectivity index (χ2n) is 12.7. The fourth-order valence-electron chi connectivity index (χ4n) is 5.21. The van der Waals surface area contributed by atoms with Crippen molar-refractivity contribution in [3.63, 3.8) is 0 Å². The van der Waals surface area contributed by atoms with Crippen LogP contribution in [0, 0.1) is 0 Å². The first-order valence-electron chi connectivity index (χ1n) is 18.5. The lowest BCUT2D eigenvalue weighted by molar-refractivity contribution is -0.146. The van der Waals surface area contributed by atoms with Gasteiger partial charge >= 0.3 is 5.97 Å². The van der Waals surface area contributed by atoms with Crippen LogP contribution in [0.4, 0.5) is 0 Å². The molecule has 0 aliphatic rings. The number of hydrogen-bond acceptors (Lipinski definition) is 13. The van der Waals surface area contributed by atoms with Crippen molar-refractivity contribution in [2.45, 2.75) is 25.8 Å². The average molecular weight is 769 g/mol. The minimum atomic E-state index is -2.54. The Kier molecular flexibility index (Phi) is 27.4. The fourth-order valence-corrected chi connectivity index (χ4v) is 9.75. The van der Waals surface area contributed by atoms with Crippen LogP contribution in [-0.4, -0.2) is 160 Å². The predicted octanol–water partition coefficient (Wildman–Crippen LogP) is 2.90. The molecule has 302 valence electrons. The van der Waals surface area contributed by atoms with Gasteiger partial charge in [0.05, 0.1) is 139 Å². The maximum absolute atomic E-state index is 10.9. The zero-order valence-corrected chi connectivity index (χ0v) is 33.4. The minimum Gasteiger partial charge on any atom is -0.467 e. The molecule has 0 amide bonds. The zero-order chi connectivity index (χ0) is 38.1. The number of carbonyl (C=O) groups is 1. The summed E-state index contributed by atoms with van der Waals surface area (Å²) in [6, 6.07) is 21.2. The number of hydrogen-bond donors (Lipinski definition) is 0. The third-order valence-corrected chi connectivity index (χ3v) is 12.8. The summed E-state index contributed by atoms with van der Waals surface area (Å²) >= 11 is 0. The van der Waals surface area contributed by atoms with Gasteiger partial charge in [0, 0.05) is 0 Å². The molecule has 2 rings (SSSR count). The largest absolute Gasteiger partial charge is 0.467 e. The van der Waals surface area contributed by atoms with Crippen LogP contribution < -0.4 is 10.4 Å². The highest BCUT2D eigenvalue weighted by Crippen LogP contribution is 2.36. The van der Waals surface area contributed by atoms with Gasteiger partial charge in [-0.25, -0.2) is 4.79 Å². The molecule has 0 spiro atoms. The quantitative estimate of drug-likeness (QED) is 0.0580. The van der Waals surface area contributed by atoms with E-state index in [9.17, 15) is 4.79 Å². The minimum absolute atomic E-state index is 0.0601. The summed E-state index contributed by atoms with van der Waals surface area (Å²) in [6.07, 6.45) is 0. The van der Waals surface area contributed by atoms with E-state index in [0.29, 0.717) is 132 Å². The second-order valence-corrected chi connectivity index (χ2v) is 17.0. The molecular formula is C39H64O13Si. The highest BCUT2D eigenvalue weighted by Gasteiger charge is 2.50. The lowest BCUT2D eigenvalue weighted by Gasteiger charge is -2.43. The summed E-state index contributed by atoms with van der Waals surface area (Å²) in [5.41, 5.74) is 0. The Balaban J connectivity index is 1.31. The second kappa shape index (κ2) is 31.0. The molecule has 0 aliphatic carbocycles. The van der Waals surface area contributed by atoms with Gasteiger partial charge in [0.25, 0.3) is 8.32 Å². The summed E-state index contributed by atoms with van der Waals surface area (Å²) in [4.78, 5) is 10.9.